The van der Waals surface area contributed by atoms with Crippen molar-refractivity contribution < 1.29 is 28.4 Å². The Labute approximate surface area is 306 Å². The van der Waals surface area contributed by atoms with Crippen LogP contribution in [0.25, 0.3) is 0 Å². The number of aryl methyl sites for hydroxylation is 2. The second-order valence-corrected chi connectivity index (χ2v) is 13.0. The lowest BCUT2D eigenvalue weighted by Crippen LogP contribution is -2.30. The van der Waals surface area contributed by atoms with E-state index in [4.69, 9.17) is 28.4 Å². The van der Waals surface area contributed by atoms with Crippen LogP contribution < -0.4 is 18.9 Å². The van der Waals surface area contributed by atoms with E-state index in [0.29, 0.717) is 75.5 Å². The molecule has 0 N–H and O–H groups in total. The molecule has 6 heteroatoms. The molecule has 0 saturated carbocycles. The van der Waals surface area contributed by atoms with Crippen molar-refractivity contribution in [3.63, 3.8) is 0 Å². The molecule has 0 spiro atoms. The Kier molecular flexibility index (Phi) is 11.5. The van der Waals surface area contributed by atoms with E-state index in [2.05, 4.69) is 79.7 Å². The number of hydrogen-bond donors (Lipinski definition) is 0. The average Bonchev–Trinajstić information content (AvgIpc) is 3.68. The summed E-state index contributed by atoms with van der Waals surface area (Å²) in [5.74, 6) is 1.67. The first kappa shape index (κ1) is 34.9. The Balaban J connectivity index is 1.18. The topological polar surface area (TPSA) is 55.4 Å². The quantitative estimate of drug-likeness (QED) is 0.101. The van der Waals surface area contributed by atoms with Gasteiger partial charge in [-0.25, -0.2) is 0 Å². The fourth-order valence-corrected chi connectivity index (χ4v) is 6.38. The summed E-state index contributed by atoms with van der Waals surface area (Å²) >= 11 is 0. The molecule has 6 aromatic carbocycles. The molecule has 1 fully saturated rings. The minimum Gasteiger partial charge on any atom is -0.488 e. The van der Waals surface area contributed by atoms with Crippen molar-refractivity contribution in [2.24, 2.45) is 0 Å². The summed E-state index contributed by atoms with van der Waals surface area (Å²) in [5, 5.41) is 0. The smallest absolute Gasteiger partial charge is 0.202 e. The van der Waals surface area contributed by atoms with Gasteiger partial charge in [-0.15, -0.1) is 0 Å². The van der Waals surface area contributed by atoms with Crippen LogP contribution in [0.4, 0.5) is 0 Å². The van der Waals surface area contributed by atoms with Gasteiger partial charge in [-0.3, -0.25) is 0 Å². The van der Waals surface area contributed by atoms with Gasteiger partial charge in [0.2, 0.25) is 5.79 Å². The van der Waals surface area contributed by atoms with Gasteiger partial charge in [0.25, 0.3) is 0 Å². The van der Waals surface area contributed by atoms with E-state index < -0.39 is 5.79 Å². The van der Waals surface area contributed by atoms with Crippen molar-refractivity contribution in [2.75, 3.05) is 13.2 Å². The van der Waals surface area contributed by atoms with Gasteiger partial charge in [0.15, 0.2) is 11.5 Å². The molecule has 52 heavy (non-hydrogen) atoms. The molecular formula is C46H44O6. The van der Waals surface area contributed by atoms with Crippen LogP contribution in [0.2, 0.25) is 0 Å². The zero-order valence-corrected chi connectivity index (χ0v) is 29.5. The first-order valence-electron chi connectivity index (χ1n) is 17.9. The molecule has 0 aliphatic carbocycles. The van der Waals surface area contributed by atoms with Crippen LogP contribution in [0.15, 0.2) is 152 Å². The zero-order chi connectivity index (χ0) is 35.4. The number of ether oxygens (including phenoxy) is 6. The van der Waals surface area contributed by atoms with Gasteiger partial charge in [-0.2, -0.15) is 0 Å². The SMILES string of the molecule is Cc1cc(OCc2ccccc2)c(C2(CCc3ccc(OCc4ccccc4)c(OCc4ccccc4)c3)OCCO2)c(OCc2ccccc2)c1. The largest absolute Gasteiger partial charge is 0.488 e. The van der Waals surface area contributed by atoms with E-state index in [1.54, 1.807) is 0 Å². The third-order valence-corrected chi connectivity index (χ3v) is 9.04. The summed E-state index contributed by atoms with van der Waals surface area (Å²) in [4.78, 5) is 0. The number of rotatable bonds is 16. The fraction of sp³-hybridized carbons (Fsp3) is 0.217. The van der Waals surface area contributed by atoms with Crippen LogP contribution in [-0.2, 0) is 48.1 Å². The lowest BCUT2D eigenvalue weighted by molar-refractivity contribution is -0.172. The molecule has 0 amide bonds. The molecule has 0 bridgehead atoms. The van der Waals surface area contributed by atoms with Gasteiger partial charge in [-0.1, -0.05) is 127 Å². The van der Waals surface area contributed by atoms with Crippen LogP contribution in [0.3, 0.4) is 0 Å². The maximum absolute atomic E-state index is 6.58. The summed E-state index contributed by atoms with van der Waals surface area (Å²) in [6, 6.07) is 50.9. The second-order valence-electron chi connectivity index (χ2n) is 13.0. The van der Waals surface area contributed by atoms with Crippen LogP contribution in [-0.4, -0.2) is 13.2 Å². The second kappa shape index (κ2) is 17.1. The molecule has 0 atom stereocenters. The van der Waals surface area contributed by atoms with Gasteiger partial charge in [-0.05, 0) is 71.0 Å². The molecule has 6 nitrogen and oxygen atoms in total. The molecule has 0 aromatic heterocycles. The molecule has 1 aliphatic rings. The van der Waals surface area contributed by atoms with E-state index in [1.165, 1.54) is 0 Å². The lowest BCUT2D eigenvalue weighted by atomic mass is 9.94. The molecule has 6 aromatic rings. The van der Waals surface area contributed by atoms with Gasteiger partial charge in [0.1, 0.15) is 37.9 Å². The lowest BCUT2D eigenvalue weighted by Gasteiger charge is -2.32. The Morgan fingerprint density at radius 1 is 0.442 bits per heavy atom. The normalized spacial score (nSPS) is 13.4. The van der Waals surface area contributed by atoms with Crippen LogP contribution in [0.1, 0.15) is 45.4 Å². The molecule has 7 rings (SSSR count). The highest BCUT2D eigenvalue weighted by Gasteiger charge is 2.43. The molecule has 1 aliphatic heterocycles. The van der Waals surface area contributed by atoms with Crippen molar-refractivity contribution in [1.29, 1.82) is 0 Å². The molecule has 1 heterocycles. The average molecular weight is 693 g/mol. The summed E-state index contributed by atoms with van der Waals surface area (Å²) in [5.41, 5.74) is 7.17. The molecule has 0 unspecified atom stereocenters. The number of benzene rings is 6. The van der Waals surface area contributed by atoms with E-state index in [0.717, 1.165) is 38.9 Å². The van der Waals surface area contributed by atoms with Gasteiger partial charge in [0.05, 0.1) is 18.8 Å². The van der Waals surface area contributed by atoms with Crippen LogP contribution in [0.5, 0.6) is 23.0 Å². The summed E-state index contributed by atoms with van der Waals surface area (Å²) in [6.45, 7) is 4.64. The van der Waals surface area contributed by atoms with Crippen molar-refractivity contribution in [3.8, 4) is 23.0 Å². The maximum Gasteiger partial charge on any atom is 0.202 e. The first-order chi connectivity index (χ1) is 25.6. The molecule has 0 radical (unpaired) electrons. The Hall–Kier alpha value is -5.56. The first-order valence-corrected chi connectivity index (χ1v) is 17.9. The van der Waals surface area contributed by atoms with Crippen LogP contribution in [0, 0.1) is 6.92 Å². The van der Waals surface area contributed by atoms with E-state index in [9.17, 15) is 0 Å². The van der Waals surface area contributed by atoms with Crippen molar-refractivity contribution in [1.82, 2.24) is 0 Å². The minimum atomic E-state index is -1.08. The van der Waals surface area contributed by atoms with E-state index in [-0.39, 0.29) is 0 Å². The summed E-state index contributed by atoms with van der Waals surface area (Å²) in [6.07, 6.45) is 1.17. The van der Waals surface area contributed by atoms with E-state index in [1.807, 2.05) is 78.9 Å². The summed E-state index contributed by atoms with van der Waals surface area (Å²) < 4.78 is 39.0. The van der Waals surface area contributed by atoms with Gasteiger partial charge >= 0.3 is 0 Å². The molecule has 264 valence electrons. The molecule has 1 saturated heterocycles. The Morgan fingerprint density at radius 2 is 0.846 bits per heavy atom. The maximum atomic E-state index is 6.58. The predicted octanol–water partition coefficient (Wildman–Crippen LogP) is 10.1. The van der Waals surface area contributed by atoms with Gasteiger partial charge in [0, 0.05) is 6.42 Å². The third kappa shape index (κ3) is 9.02. The van der Waals surface area contributed by atoms with Crippen molar-refractivity contribution in [3.05, 3.63) is 191 Å². The monoisotopic (exact) mass is 692 g/mol. The van der Waals surface area contributed by atoms with Crippen LogP contribution >= 0.6 is 0 Å². The minimum absolute atomic E-state index is 0.401. The zero-order valence-electron chi connectivity index (χ0n) is 29.5. The van der Waals surface area contributed by atoms with Gasteiger partial charge < -0.3 is 28.4 Å². The van der Waals surface area contributed by atoms with Crippen molar-refractivity contribution >= 4 is 0 Å². The van der Waals surface area contributed by atoms with Crippen molar-refractivity contribution in [2.45, 2.75) is 52.0 Å². The standard InChI is InChI=1S/C46H44O6/c1-35-28-43(49-33-39-18-10-4-11-19-39)45(44(29-35)50-34-40-20-12-5-13-21-40)46(51-26-27-52-46)25-24-36-22-23-41(47-31-37-14-6-2-7-15-37)42(30-36)48-32-38-16-8-3-9-17-38/h2-23,28-30H,24-27,31-34H2,1H3. The third-order valence-electron chi connectivity index (χ3n) is 9.04. The Morgan fingerprint density at radius 3 is 1.29 bits per heavy atom. The highest BCUT2D eigenvalue weighted by atomic mass is 16.7. The predicted molar refractivity (Wildman–Crippen MR) is 203 cm³/mol. The fourth-order valence-electron chi connectivity index (χ4n) is 6.38. The highest BCUT2D eigenvalue weighted by Crippen LogP contribution is 2.47. The highest BCUT2D eigenvalue weighted by molar-refractivity contribution is 5.51. The molecular weight excluding hydrogens is 649 g/mol. The number of hydrogen-bond acceptors (Lipinski definition) is 6. The summed E-state index contributed by atoms with van der Waals surface area (Å²) in [7, 11) is 0. The Bertz CT molecular complexity index is 1930. The van der Waals surface area contributed by atoms with E-state index >= 15 is 0 Å².